The smallest absolute Gasteiger partial charge is 0.255 e. The third-order valence-electron chi connectivity index (χ3n) is 4.95. The van der Waals surface area contributed by atoms with Gasteiger partial charge >= 0.3 is 0 Å². The van der Waals surface area contributed by atoms with Crippen LogP contribution in [0.4, 0.5) is 10.3 Å². The van der Waals surface area contributed by atoms with Crippen LogP contribution >= 0.6 is 0 Å². The summed E-state index contributed by atoms with van der Waals surface area (Å²) in [6.45, 7) is 1.80. The third kappa shape index (κ3) is 3.80. The van der Waals surface area contributed by atoms with Crippen LogP contribution in [0.3, 0.4) is 0 Å². The molecule has 0 amide bonds. The lowest BCUT2D eigenvalue weighted by Gasteiger charge is -2.23. The van der Waals surface area contributed by atoms with Crippen molar-refractivity contribution in [3.05, 3.63) is 76.6 Å². The van der Waals surface area contributed by atoms with Crippen LogP contribution in [-0.4, -0.2) is 34.2 Å². The Kier molecular flexibility index (Phi) is 5.16. The first-order valence-electron chi connectivity index (χ1n) is 9.22. The van der Waals surface area contributed by atoms with Crippen LogP contribution in [0.2, 0.25) is 0 Å². The van der Waals surface area contributed by atoms with E-state index >= 15 is 0 Å². The zero-order valence-corrected chi connectivity index (χ0v) is 15.6. The van der Waals surface area contributed by atoms with Gasteiger partial charge in [0.1, 0.15) is 5.82 Å². The average Bonchev–Trinajstić information content (AvgIpc) is 2.97. The molecule has 1 aliphatic heterocycles. The van der Waals surface area contributed by atoms with Crippen molar-refractivity contribution in [2.24, 2.45) is 7.05 Å². The summed E-state index contributed by atoms with van der Waals surface area (Å²) in [5, 5.41) is 0. The summed E-state index contributed by atoms with van der Waals surface area (Å²) in [7, 11) is 1.73. The molecule has 2 aromatic heterocycles. The van der Waals surface area contributed by atoms with Crippen LogP contribution in [-0.2, 0) is 11.8 Å². The zero-order chi connectivity index (χ0) is 19.5. The Morgan fingerprint density at radius 3 is 2.61 bits per heavy atom. The van der Waals surface area contributed by atoms with E-state index in [4.69, 9.17) is 9.72 Å². The van der Waals surface area contributed by atoms with Crippen LogP contribution in [0.1, 0.15) is 18.1 Å². The van der Waals surface area contributed by atoms with Crippen molar-refractivity contribution in [3.8, 4) is 11.3 Å². The van der Waals surface area contributed by atoms with Crippen molar-refractivity contribution in [1.29, 1.82) is 0 Å². The molecule has 1 atom stereocenters. The molecule has 3 heterocycles. The molecule has 0 bridgehead atoms. The third-order valence-corrected chi connectivity index (χ3v) is 4.95. The average molecular weight is 380 g/mol. The van der Waals surface area contributed by atoms with E-state index in [1.165, 1.54) is 18.2 Å². The molecule has 1 saturated heterocycles. The minimum Gasteiger partial charge on any atom is -0.372 e. The highest BCUT2D eigenvalue weighted by Crippen LogP contribution is 2.26. The fourth-order valence-corrected chi connectivity index (χ4v) is 3.39. The van der Waals surface area contributed by atoms with Crippen LogP contribution in [0.25, 0.3) is 11.3 Å². The quantitative estimate of drug-likeness (QED) is 0.699. The lowest BCUT2D eigenvalue weighted by molar-refractivity contribution is 0.0647. The van der Waals surface area contributed by atoms with Gasteiger partial charge in [-0.15, -0.1) is 0 Å². The summed E-state index contributed by atoms with van der Waals surface area (Å²) in [4.78, 5) is 23.3. The van der Waals surface area contributed by atoms with Crippen molar-refractivity contribution >= 4 is 5.95 Å². The fraction of sp³-hybridized carbons (Fsp3) is 0.286. The second-order valence-electron chi connectivity index (χ2n) is 6.76. The SMILES string of the molecule is Cn1c(N2CCOC(c3ccc(F)cc3)CC2)nc(-c2ccncc2)cc1=O. The molecule has 1 aliphatic rings. The molecular weight excluding hydrogens is 359 g/mol. The van der Waals surface area contributed by atoms with E-state index < -0.39 is 0 Å². The van der Waals surface area contributed by atoms with Gasteiger partial charge in [0.15, 0.2) is 0 Å². The molecule has 7 heteroatoms. The van der Waals surface area contributed by atoms with Gasteiger partial charge in [-0.3, -0.25) is 14.3 Å². The number of nitrogens with zero attached hydrogens (tertiary/aromatic N) is 4. The predicted molar refractivity (Wildman–Crippen MR) is 105 cm³/mol. The monoisotopic (exact) mass is 380 g/mol. The maximum absolute atomic E-state index is 13.2. The molecule has 0 N–H and O–H groups in total. The molecule has 0 aliphatic carbocycles. The molecule has 144 valence electrons. The van der Waals surface area contributed by atoms with Crippen molar-refractivity contribution in [2.75, 3.05) is 24.6 Å². The maximum Gasteiger partial charge on any atom is 0.255 e. The van der Waals surface area contributed by atoms with E-state index in [1.807, 2.05) is 12.1 Å². The first-order chi connectivity index (χ1) is 13.6. The summed E-state index contributed by atoms with van der Waals surface area (Å²) in [6, 6.07) is 11.6. The number of hydrogen-bond donors (Lipinski definition) is 0. The lowest BCUT2D eigenvalue weighted by Crippen LogP contribution is -2.33. The highest BCUT2D eigenvalue weighted by Gasteiger charge is 2.22. The molecule has 1 aromatic carbocycles. The Labute approximate surface area is 162 Å². The summed E-state index contributed by atoms with van der Waals surface area (Å²) < 4.78 is 20.7. The maximum atomic E-state index is 13.2. The molecule has 1 unspecified atom stereocenters. The molecule has 6 nitrogen and oxygen atoms in total. The van der Waals surface area contributed by atoms with Crippen LogP contribution < -0.4 is 10.5 Å². The van der Waals surface area contributed by atoms with E-state index in [1.54, 1.807) is 36.1 Å². The fourth-order valence-electron chi connectivity index (χ4n) is 3.39. The van der Waals surface area contributed by atoms with Crippen molar-refractivity contribution < 1.29 is 9.13 Å². The van der Waals surface area contributed by atoms with Gasteiger partial charge in [-0.25, -0.2) is 9.37 Å². The molecule has 0 radical (unpaired) electrons. The van der Waals surface area contributed by atoms with E-state index in [0.29, 0.717) is 31.3 Å². The van der Waals surface area contributed by atoms with Gasteiger partial charge in [0.25, 0.3) is 5.56 Å². The molecule has 4 rings (SSSR count). The lowest BCUT2D eigenvalue weighted by atomic mass is 10.1. The molecule has 28 heavy (non-hydrogen) atoms. The van der Waals surface area contributed by atoms with E-state index in [0.717, 1.165) is 17.5 Å². The topological polar surface area (TPSA) is 60.2 Å². The van der Waals surface area contributed by atoms with E-state index in [2.05, 4.69) is 9.88 Å². The summed E-state index contributed by atoms with van der Waals surface area (Å²) in [6.07, 6.45) is 3.98. The number of anilines is 1. The van der Waals surface area contributed by atoms with Gasteiger partial charge in [0.2, 0.25) is 5.95 Å². The Hall–Kier alpha value is -3.06. The summed E-state index contributed by atoms with van der Waals surface area (Å²) >= 11 is 0. The van der Waals surface area contributed by atoms with Gasteiger partial charge in [-0.2, -0.15) is 0 Å². The van der Waals surface area contributed by atoms with Crippen molar-refractivity contribution in [2.45, 2.75) is 12.5 Å². The number of hydrogen-bond acceptors (Lipinski definition) is 5. The molecular formula is C21H21FN4O2. The number of aromatic nitrogens is 3. The molecule has 1 fully saturated rings. The van der Waals surface area contributed by atoms with E-state index in [9.17, 15) is 9.18 Å². The van der Waals surface area contributed by atoms with Gasteiger partial charge in [-0.05, 0) is 36.2 Å². The van der Waals surface area contributed by atoms with Crippen LogP contribution in [0.5, 0.6) is 0 Å². The Morgan fingerprint density at radius 2 is 1.86 bits per heavy atom. The minimum absolute atomic E-state index is 0.106. The van der Waals surface area contributed by atoms with Crippen molar-refractivity contribution in [1.82, 2.24) is 14.5 Å². The minimum atomic E-state index is -0.258. The summed E-state index contributed by atoms with van der Waals surface area (Å²) in [5.41, 5.74) is 2.32. The Bertz CT molecular complexity index is 1010. The number of halogens is 1. The number of benzene rings is 1. The van der Waals surface area contributed by atoms with Gasteiger partial charge in [0, 0.05) is 44.2 Å². The molecule has 0 spiro atoms. The van der Waals surface area contributed by atoms with Gasteiger partial charge < -0.3 is 9.64 Å². The Morgan fingerprint density at radius 1 is 1.11 bits per heavy atom. The Balaban J connectivity index is 1.60. The van der Waals surface area contributed by atoms with E-state index in [-0.39, 0.29) is 17.5 Å². The van der Waals surface area contributed by atoms with Gasteiger partial charge in [-0.1, -0.05) is 12.1 Å². The van der Waals surface area contributed by atoms with Crippen molar-refractivity contribution in [3.63, 3.8) is 0 Å². The number of ether oxygens (including phenoxy) is 1. The number of rotatable bonds is 3. The van der Waals surface area contributed by atoms with Crippen LogP contribution in [0, 0.1) is 5.82 Å². The molecule has 3 aromatic rings. The molecule has 0 saturated carbocycles. The predicted octanol–water partition coefficient (Wildman–Crippen LogP) is 2.95. The standard InChI is InChI=1S/C21H21FN4O2/c1-25-20(27)14-18(15-6-9-23-10-7-15)24-21(25)26-11-8-19(28-13-12-26)16-2-4-17(22)5-3-16/h2-7,9-10,14,19H,8,11-13H2,1H3. The highest BCUT2D eigenvalue weighted by molar-refractivity contribution is 5.59. The van der Waals surface area contributed by atoms with Crippen LogP contribution in [0.15, 0.2) is 59.7 Å². The number of pyridine rings is 1. The normalized spacial score (nSPS) is 17.4. The van der Waals surface area contributed by atoms with Gasteiger partial charge in [0.05, 0.1) is 18.4 Å². The second kappa shape index (κ2) is 7.90. The largest absolute Gasteiger partial charge is 0.372 e. The first-order valence-corrected chi connectivity index (χ1v) is 9.22. The zero-order valence-electron chi connectivity index (χ0n) is 15.6. The first kappa shape index (κ1) is 18.3. The summed E-state index contributed by atoms with van der Waals surface area (Å²) in [5.74, 6) is 0.355. The second-order valence-corrected chi connectivity index (χ2v) is 6.76. The highest BCUT2D eigenvalue weighted by atomic mass is 19.1.